The summed E-state index contributed by atoms with van der Waals surface area (Å²) in [5, 5.41) is 0. The first-order valence-electron chi connectivity index (χ1n) is 10.1. The first-order chi connectivity index (χ1) is 12.8. The number of hydrogen-bond donors (Lipinski definition) is 0. The lowest BCUT2D eigenvalue weighted by Gasteiger charge is -2.11. The van der Waals surface area contributed by atoms with Gasteiger partial charge in [-0.1, -0.05) is 90.1 Å². The number of rotatable bonds is 0. The molecule has 0 saturated carbocycles. The zero-order valence-corrected chi connectivity index (χ0v) is 16.9. The maximum Gasteiger partial charge on any atom is 0.00735 e. The molecule has 134 valence electrons. The van der Waals surface area contributed by atoms with Gasteiger partial charge in [-0.2, -0.15) is 0 Å². The molecular weight excluding hydrogens is 312 g/mol. The number of fused-ring (bicyclic) bond motifs is 6. The normalized spacial score (nSPS) is 17.6. The molecule has 3 aromatic rings. The molecule has 0 bridgehead atoms. The van der Waals surface area contributed by atoms with Gasteiger partial charge in [-0.05, 0) is 56.6 Å². The highest BCUT2D eigenvalue weighted by atomic mass is 14.3. The third kappa shape index (κ3) is 2.60. The zero-order chi connectivity index (χ0) is 18.8. The van der Waals surface area contributed by atoms with Gasteiger partial charge in [0, 0.05) is 11.8 Å². The summed E-state index contributed by atoms with van der Waals surface area (Å²) < 4.78 is 0. The Morgan fingerprint density at radius 3 is 1.19 bits per heavy atom. The van der Waals surface area contributed by atoms with Crippen LogP contribution < -0.4 is 0 Å². The second-order valence-corrected chi connectivity index (χ2v) is 6.64. The van der Waals surface area contributed by atoms with Crippen LogP contribution in [0.5, 0.6) is 0 Å². The molecule has 0 aromatic heterocycles. The molecular formula is C26H30. The van der Waals surface area contributed by atoms with Gasteiger partial charge >= 0.3 is 0 Å². The summed E-state index contributed by atoms with van der Waals surface area (Å²) in [6.07, 6.45) is 0. The first kappa shape index (κ1) is 18.5. The molecule has 0 radical (unpaired) electrons. The quantitative estimate of drug-likeness (QED) is 0.388. The lowest BCUT2D eigenvalue weighted by atomic mass is 9.93. The molecule has 3 aromatic carbocycles. The average Bonchev–Trinajstić information content (AvgIpc) is 3.17. The zero-order valence-electron chi connectivity index (χ0n) is 16.9. The summed E-state index contributed by atoms with van der Waals surface area (Å²) in [5.41, 5.74) is 11.7. The molecule has 2 aliphatic carbocycles. The Bertz CT molecular complexity index is 840. The Labute approximate surface area is 158 Å². The van der Waals surface area contributed by atoms with E-state index >= 15 is 0 Å². The molecule has 0 saturated heterocycles. The predicted molar refractivity (Wildman–Crippen MR) is 115 cm³/mol. The van der Waals surface area contributed by atoms with Gasteiger partial charge in [0.1, 0.15) is 0 Å². The van der Waals surface area contributed by atoms with Crippen LogP contribution in [-0.4, -0.2) is 0 Å². The predicted octanol–water partition coefficient (Wildman–Crippen LogP) is 8.00. The van der Waals surface area contributed by atoms with Gasteiger partial charge in [0.2, 0.25) is 0 Å². The molecule has 0 spiro atoms. The summed E-state index contributed by atoms with van der Waals surface area (Å²) in [4.78, 5) is 0. The molecule has 5 rings (SSSR count). The molecule has 0 aliphatic heterocycles. The van der Waals surface area contributed by atoms with E-state index in [1.54, 1.807) is 0 Å². The first-order valence-corrected chi connectivity index (χ1v) is 10.1. The molecule has 2 atom stereocenters. The Hall–Kier alpha value is -2.34. The fourth-order valence-electron chi connectivity index (χ4n) is 4.39. The lowest BCUT2D eigenvalue weighted by molar-refractivity contribution is 0.943. The van der Waals surface area contributed by atoms with Crippen LogP contribution in [0, 0.1) is 0 Å². The van der Waals surface area contributed by atoms with Crippen molar-refractivity contribution in [1.82, 2.24) is 0 Å². The number of hydrogen-bond acceptors (Lipinski definition) is 0. The third-order valence-corrected chi connectivity index (χ3v) is 5.59. The van der Waals surface area contributed by atoms with Crippen molar-refractivity contribution in [3.05, 3.63) is 82.9 Å². The van der Waals surface area contributed by atoms with Crippen molar-refractivity contribution in [3.8, 4) is 22.3 Å². The van der Waals surface area contributed by atoms with Gasteiger partial charge in [0.15, 0.2) is 0 Å². The average molecular weight is 343 g/mol. The van der Waals surface area contributed by atoms with Gasteiger partial charge < -0.3 is 0 Å². The third-order valence-electron chi connectivity index (χ3n) is 5.59. The van der Waals surface area contributed by atoms with E-state index in [0.29, 0.717) is 11.8 Å². The SMILES string of the molecule is CC.CC.CC1c2ccccc2-c2cc3c(cc21)-c1ccccc1C3C. The van der Waals surface area contributed by atoms with Crippen molar-refractivity contribution in [3.63, 3.8) is 0 Å². The summed E-state index contributed by atoms with van der Waals surface area (Å²) in [5.74, 6) is 0.999. The maximum atomic E-state index is 2.46. The fourth-order valence-corrected chi connectivity index (χ4v) is 4.39. The molecule has 0 heteroatoms. The van der Waals surface area contributed by atoms with E-state index < -0.39 is 0 Å². The van der Waals surface area contributed by atoms with E-state index in [-0.39, 0.29) is 0 Å². The van der Waals surface area contributed by atoms with Crippen molar-refractivity contribution in [2.75, 3.05) is 0 Å². The molecule has 2 unspecified atom stereocenters. The van der Waals surface area contributed by atoms with Gasteiger partial charge in [0.05, 0.1) is 0 Å². The second-order valence-electron chi connectivity index (χ2n) is 6.64. The Kier molecular flexibility index (Phi) is 5.32. The van der Waals surface area contributed by atoms with Gasteiger partial charge in [-0.15, -0.1) is 0 Å². The second kappa shape index (κ2) is 7.50. The Morgan fingerprint density at radius 2 is 0.808 bits per heavy atom. The van der Waals surface area contributed by atoms with E-state index in [1.165, 1.54) is 44.5 Å². The van der Waals surface area contributed by atoms with Gasteiger partial charge in [0.25, 0.3) is 0 Å². The van der Waals surface area contributed by atoms with Crippen molar-refractivity contribution in [2.45, 2.75) is 53.4 Å². The van der Waals surface area contributed by atoms with Crippen LogP contribution >= 0.6 is 0 Å². The summed E-state index contributed by atoms with van der Waals surface area (Å²) in [6.45, 7) is 12.7. The summed E-state index contributed by atoms with van der Waals surface area (Å²) in [7, 11) is 0. The van der Waals surface area contributed by atoms with Crippen LogP contribution in [0.15, 0.2) is 60.7 Å². The fraction of sp³-hybridized carbons (Fsp3) is 0.308. The van der Waals surface area contributed by atoms with Crippen LogP contribution in [0.3, 0.4) is 0 Å². The van der Waals surface area contributed by atoms with Crippen LogP contribution in [0.1, 0.15) is 75.6 Å². The topological polar surface area (TPSA) is 0 Å². The standard InChI is InChI=1S/C22H18.2C2H6/c1-13-15-7-3-5-9-17(15)21-12-20-14(2)16-8-4-6-10-18(16)22(20)11-19(13)21;2*1-2/h3-14H,1-2H3;2*1-2H3. The maximum absolute atomic E-state index is 2.46. The number of benzene rings is 3. The molecule has 2 aliphatic rings. The minimum atomic E-state index is 0.500. The molecule has 0 amide bonds. The lowest BCUT2D eigenvalue weighted by Crippen LogP contribution is -1.92. The summed E-state index contributed by atoms with van der Waals surface area (Å²) in [6, 6.07) is 22.7. The summed E-state index contributed by atoms with van der Waals surface area (Å²) >= 11 is 0. The smallest absolute Gasteiger partial charge is 0.00735 e. The van der Waals surface area contributed by atoms with Crippen molar-refractivity contribution in [1.29, 1.82) is 0 Å². The molecule has 26 heavy (non-hydrogen) atoms. The molecule has 0 fully saturated rings. The minimum absolute atomic E-state index is 0.500. The van der Waals surface area contributed by atoms with Crippen LogP contribution in [0.2, 0.25) is 0 Å². The monoisotopic (exact) mass is 342 g/mol. The van der Waals surface area contributed by atoms with E-state index in [9.17, 15) is 0 Å². The largest absolute Gasteiger partial charge is 0.0683 e. The van der Waals surface area contributed by atoms with Crippen molar-refractivity contribution < 1.29 is 0 Å². The highest BCUT2D eigenvalue weighted by Crippen LogP contribution is 2.51. The van der Waals surface area contributed by atoms with E-state index in [0.717, 1.165) is 0 Å². The minimum Gasteiger partial charge on any atom is -0.0683 e. The molecule has 0 heterocycles. The highest BCUT2D eigenvalue weighted by Gasteiger charge is 2.31. The van der Waals surface area contributed by atoms with E-state index in [4.69, 9.17) is 0 Å². The van der Waals surface area contributed by atoms with Gasteiger partial charge in [-0.3, -0.25) is 0 Å². The van der Waals surface area contributed by atoms with Crippen LogP contribution in [0.25, 0.3) is 22.3 Å². The van der Waals surface area contributed by atoms with Crippen molar-refractivity contribution >= 4 is 0 Å². The van der Waals surface area contributed by atoms with E-state index in [1.807, 2.05) is 27.7 Å². The van der Waals surface area contributed by atoms with Crippen LogP contribution in [-0.2, 0) is 0 Å². The van der Waals surface area contributed by atoms with E-state index in [2.05, 4.69) is 74.5 Å². The highest BCUT2D eigenvalue weighted by molar-refractivity contribution is 5.87. The van der Waals surface area contributed by atoms with Crippen molar-refractivity contribution in [2.24, 2.45) is 0 Å². The van der Waals surface area contributed by atoms with Crippen LogP contribution in [0.4, 0.5) is 0 Å². The molecule has 0 nitrogen and oxygen atoms in total. The molecule has 0 N–H and O–H groups in total. The Balaban J connectivity index is 0.000000461. The van der Waals surface area contributed by atoms with Gasteiger partial charge in [-0.25, -0.2) is 0 Å². The Morgan fingerprint density at radius 1 is 0.462 bits per heavy atom.